The van der Waals surface area contributed by atoms with E-state index in [4.69, 9.17) is 14.2 Å². The first-order chi connectivity index (χ1) is 28.0. The quantitative estimate of drug-likeness (QED) is 0.0203. The van der Waals surface area contributed by atoms with Crippen molar-refractivity contribution in [1.29, 1.82) is 0 Å². The van der Waals surface area contributed by atoms with Crippen molar-refractivity contribution in [3.8, 4) is 0 Å². The molecule has 0 rings (SSSR count). The third kappa shape index (κ3) is 43.3. The molecule has 57 heavy (non-hydrogen) atoms. The van der Waals surface area contributed by atoms with Crippen LogP contribution in [0.25, 0.3) is 0 Å². The molecule has 0 aliphatic carbocycles. The molecule has 0 aromatic carbocycles. The van der Waals surface area contributed by atoms with Gasteiger partial charge in [0.2, 0.25) is 0 Å². The Hall–Kier alpha value is -3.67. The number of ether oxygens (including phenoxy) is 3. The van der Waals surface area contributed by atoms with Crippen molar-refractivity contribution in [1.82, 2.24) is 0 Å². The monoisotopic (exact) mass is 791 g/mol. The van der Waals surface area contributed by atoms with Gasteiger partial charge in [-0.2, -0.15) is 0 Å². The van der Waals surface area contributed by atoms with E-state index in [1.807, 2.05) is 6.08 Å². The Labute approximate surface area is 349 Å². The molecule has 0 spiro atoms. The first kappa shape index (κ1) is 53.3. The Balaban J connectivity index is 4.47. The molecule has 0 amide bonds. The molecule has 0 aliphatic heterocycles. The van der Waals surface area contributed by atoms with Crippen molar-refractivity contribution in [3.05, 3.63) is 97.2 Å². The molecule has 0 heterocycles. The summed E-state index contributed by atoms with van der Waals surface area (Å²) in [6.07, 6.45) is 58.5. The summed E-state index contributed by atoms with van der Waals surface area (Å²) in [5.41, 5.74) is 0. The standard InChI is InChI=1S/C51H82O6/c1-4-7-10-13-16-19-21-23-25-27-29-32-35-38-41-44-50(53)56-47-48(46-55-49(52)43-40-37-34-31-18-15-12-9-6-3)57-51(54)45-42-39-36-33-30-28-26-24-22-20-17-14-11-8-5-2/h7,9-10,12-13,16-22,24,31,37,40,48H,4-6,8,11,14-15,23,25-30,32-36,38-39,41-47H2,1-3H3/b10-7-,12-9-,16-13-,20-17-,21-19-,24-22-,31-18-,40-37-. The van der Waals surface area contributed by atoms with Gasteiger partial charge in [-0.1, -0.05) is 189 Å². The van der Waals surface area contributed by atoms with Crippen LogP contribution in [0.4, 0.5) is 0 Å². The minimum Gasteiger partial charge on any atom is -0.462 e. The molecule has 0 aromatic heterocycles. The van der Waals surface area contributed by atoms with Crippen LogP contribution in [0.5, 0.6) is 0 Å². The van der Waals surface area contributed by atoms with Crippen molar-refractivity contribution in [2.75, 3.05) is 13.2 Å². The van der Waals surface area contributed by atoms with Gasteiger partial charge in [-0.25, -0.2) is 0 Å². The second kappa shape index (κ2) is 45.0. The zero-order valence-electron chi connectivity index (χ0n) is 36.6. The van der Waals surface area contributed by atoms with Gasteiger partial charge in [0.1, 0.15) is 13.2 Å². The van der Waals surface area contributed by atoms with E-state index in [9.17, 15) is 14.4 Å². The fourth-order valence-corrected chi connectivity index (χ4v) is 5.79. The highest BCUT2D eigenvalue weighted by atomic mass is 16.6. The van der Waals surface area contributed by atoms with Crippen LogP contribution in [0, 0.1) is 0 Å². The zero-order valence-corrected chi connectivity index (χ0v) is 36.6. The normalized spacial score (nSPS) is 13.0. The zero-order chi connectivity index (χ0) is 41.5. The smallest absolute Gasteiger partial charge is 0.309 e. The summed E-state index contributed by atoms with van der Waals surface area (Å²) in [6.45, 7) is 6.21. The Morgan fingerprint density at radius 2 is 0.825 bits per heavy atom. The van der Waals surface area contributed by atoms with Gasteiger partial charge in [0.15, 0.2) is 6.10 Å². The highest BCUT2D eigenvalue weighted by Gasteiger charge is 2.19. The highest BCUT2D eigenvalue weighted by molar-refractivity contribution is 5.72. The fourth-order valence-electron chi connectivity index (χ4n) is 5.79. The molecule has 0 saturated heterocycles. The molecule has 0 radical (unpaired) electrons. The number of carbonyl (C=O) groups is 3. The van der Waals surface area contributed by atoms with Crippen LogP contribution in [0.3, 0.4) is 0 Å². The SMILES string of the molecule is CC\C=C/C=C\C=C/CCCCCCCCCC(=O)OCC(COC(=O)C/C=C\C/C=C\C/C=C\CC)OC(=O)CCCCCCCC/C=C\C=C/CCCCC. The van der Waals surface area contributed by atoms with Crippen molar-refractivity contribution in [2.24, 2.45) is 0 Å². The van der Waals surface area contributed by atoms with Crippen molar-refractivity contribution >= 4 is 17.9 Å². The molecule has 6 nitrogen and oxygen atoms in total. The number of hydrogen-bond donors (Lipinski definition) is 0. The van der Waals surface area contributed by atoms with Crippen LogP contribution in [-0.2, 0) is 28.6 Å². The van der Waals surface area contributed by atoms with Gasteiger partial charge in [-0.3, -0.25) is 14.4 Å². The molecule has 0 aliphatic rings. The minimum atomic E-state index is -0.823. The average molecular weight is 791 g/mol. The predicted molar refractivity (Wildman–Crippen MR) is 242 cm³/mol. The van der Waals surface area contributed by atoms with Crippen molar-refractivity contribution in [3.63, 3.8) is 0 Å². The number of unbranched alkanes of at least 4 members (excludes halogenated alkanes) is 16. The van der Waals surface area contributed by atoms with Crippen LogP contribution >= 0.6 is 0 Å². The molecular weight excluding hydrogens is 709 g/mol. The molecule has 1 unspecified atom stereocenters. The number of hydrogen-bond acceptors (Lipinski definition) is 6. The third-order valence-electron chi connectivity index (χ3n) is 9.18. The van der Waals surface area contributed by atoms with Crippen LogP contribution in [0.2, 0.25) is 0 Å². The Morgan fingerprint density at radius 3 is 1.37 bits per heavy atom. The maximum atomic E-state index is 12.7. The number of esters is 3. The third-order valence-corrected chi connectivity index (χ3v) is 9.18. The molecule has 6 heteroatoms. The molecule has 1 atom stereocenters. The second-order valence-corrected chi connectivity index (χ2v) is 14.7. The molecule has 0 N–H and O–H groups in total. The summed E-state index contributed by atoms with van der Waals surface area (Å²) >= 11 is 0. The first-order valence-electron chi connectivity index (χ1n) is 22.8. The summed E-state index contributed by atoms with van der Waals surface area (Å²) in [5, 5.41) is 0. The Morgan fingerprint density at radius 1 is 0.404 bits per heavy atom. The van der Waals surface area contributed by atoms with E-state index in [0.717, 1.165) is 89.9 Å². The molecular formula is C51H82O6. The summed E-state index contributed by atoms with van der Waals surface area (Å²) in [6, 6.07) is 0. The van der Waals surface area contributed by atoms with Crippen LogP contribution in [-0.4, -0.2) is 37.2 Å². The summed E-state index contributed by atoms with van der Waals surface area (Å²) in [5.74, 6) is -1.08. The molecule has 0 bridgehead atoms. The van der Waals surface area contributed by atoms with Gasteiger partial charge in [0, 0.05) is 12.8 Å². The molecule has 0 saturated carbocycles. The lowest BCUT2D eigenvalue weighted by Gasteiger charge is -2.18. The number of rotatable bonds is 39. The van der Waals surface area contributed by atoms with E-state index >= 15 is 0 Å². The van der Waals surface area contributed by atoms with Crippen LogP contribution in [0.1, 0.15) is 188 Å². The molecule has 322 valence electrons. The Bertz CT molecular complexity index is 1180. The minimum absolute atomic E-state index is 0.117. The Kier molecular flexibility index (Phi) is 42.1. The predicted octanol–water partition coefficient (Wildman–Crippen LogP) is 14.6. The van der Waals surface area contributed by atoms with E-state index in [-0.39, 0.29) is 31.6 Å². The lowest BCUT2D eigenvalue weighted by atomic mass is 10.1. The maximum absolute atomic E-state index is 12.7. The number of carbonyl (C=O) groups excluding carboxylic acids is 3. The van der Waals surface area contributed by atoms with Gasteiger partial charge in [0.05, 0.1) is 6.42 Å². The van der Waals surface area contributed by atoms with E-state index in [2.05, 4.69) is 106 Å². The van der Waals surface area contributed by atoms with E-state index in [1.54, 1.807) is 6.08 Å². The van der Waals surface area contributed by atoms with Crippen LogP contribution in [0.15, 0.2) is 97.2 Å². The van der Waals surface area contributed by atoms with Gasteiger partial charge < -0.3 is 14.2 Å². The van der Waals surface area contributed by atoms with E-state index in [1.165, 1.54) is 57.8 Å². The van der Waals surface area contributed by atoms with Gasteiger partial charge in [0.25, 0.3) is 0 Å². The second-order valence-electron chi connectivity index (χ2n) is 14.7. The number of allylic oxidation sites excluding steroid dienone is 15. The fraction of sp³-hybridized carbons (Fsp3) is 0.627. The maximum Gasteiger partial charge on any atom is 0.309 e. The lowest BCUT2D eigenvalue weighted by molar-refractivity contribution is -0.166. The highest BCUT2D eigenvalue weighted by Crippen LogP contribution is 2.13. The van der Waals surface area contributed by atoms with Crippen molar-refractivity contribution in [2.45, 2.75) is 194 Å². The van der Waals surface area contributed by atoms with Gasteiger partial charge in [-0.05, 0) is 77.0 Å². The van der Waals surface area contributed by atoms with Gasteiger partial charge in [-0.15, -0.1) is 0 Å². The van der Waals surface area contributed by atoms with E-state index < -0.39 is 12.1 Å². The van der Waals surface area contributed by atoms with Crippen LogP contribution < -0.4 is 0 Å². The first-order valence-corrected chi connectivity index (χ1v) is 22.8. The molecule has 0 fully saturated rings. The summed E-state index contributed by atoms with van der Waals surface area (Å²) in [7, 11) is 0. The van der Waals surface area contributed by atoms with E-state index in [0.29, 0.717) is 12.8 Å². The largest absolute Gasteiger partial charge is 0.462 e. The van der Waals surface area contributed by atoms with Gasteiger partial charge >= 0.3 is 17.9 Å². The average Bonchev–Trinajstić information content (AvgIpc) is 3.21. The lowest BCUT2D eigenvalue weighted by Crippen LogP contribution is -2.30. The topological polar surface area (TPSA) is 78.9 Å². The summed E-state index contributed by atoms with van der Waals surface area (Å²) < 4.78 is 16.6. The summed E-state index contributed by atoms with van der Waals surface area (Å²) in [4.78, 5) is 37.7. The molecule has 0 aromatic rings. The van der Waals surface area contributed by atoms with Crippen molar-refractivity contribution < 1.29 is 28.6 Å².